The van der Waals surface area contributed by atoms with Crippen molar-refractivity contribution in [3.8, 4) is 11.1 Å². The molecule has 0 aromatic heterocycles. The van der Waals surface area contributed by atoms with Crippen molar-refractivity contribution in [2.45, 2.75) is 56.5 Å². The lowest BCUT2D eigenvalue weighted by Gasteiger charge is -2.44. The Morgan fingerprint density at radius 1 is 1.06 bits per heavy atom. The second kappa shape index (κ2) is 7.33. The van der Waals surface area contributed by atoms with Crippen LogP contribution in [0.25, 0.3) is 11.1 Å². The Morgan fingerprint density at radius 3 is 2.17 bits per heavy atom. The van der Waals surface area contributed by atoms with Crippen LogP contribution in [-0.4, -0.2) is 52.2 Å². The van der Waals surface area contributed by atoms with E-state index in [2.05, 4.69) is 29.6 Å². The third kappa shape index (κ3) is 3.20. The molecule has 7 nitrogen and oxygen atoms in total. The Bertz CT molecular complexity index is 1200. The maximum Gasteiger partial charge on any atom is 0.408 e. The SMILES string of the molecule is CC12CN(C(=O)C(C)(NC(=O)OCC3c4ccccc4-c4ccccc43)C3CC3)C(C(=O)O)(C1)C2. The summed E-state index contributed by atoms with van der Waals surface area (Å²) in [4.78, 5) is 40.4. The number of ether oxygens (including phenoxy) is 1. The van der Waals surface area contributed by atoms with E-state index in [9.17, 15) is 19.5 Å². The van der Waals surface area contributed by atoms with Crippen molar-refractivity contribution in [3.63, 3.8) is 0 Å². The van der Waals surface area contributed by atoms with Gasteiger partial charge in [-0.25, -0.2) is 9.59 Å². The summed E-state index contributed by atoms with van der Waals surface area (Å²) in [7, 11) is 0. The molecule has 7 rings (SSSR count). The highest BCUT2D eigenvalue weighted by atomic mass is 16.5. The molecule has 7 heteroatoms. The maximum atomic E-state index is 13.8. The number of nitrogens with zero attached hydrogens (tertiary/aromatic N) is 1. The first-order valence-corrected chi connectivity index (χ1v) is 12.4. The number of carbonyl (C=O) groups is 3. The summed E-state index contributed by atoms with van der Waals surface area (Å²) in [6.07, 6.45) is 1.92. The molecule has 3 aliphatic carbocycles. The largest absolute Gasteiger partial charge is 0.479 e. The molecule has 35 heavy (non-hydrogen) atoms. The predicted octanol–water partition coefficient (Wildman–Crippen LogP) is 4.16. The zero-order valence-corrected chi connectivity index (χ0v) is 20.0. The Balaban J connectivity index is 1.19. The fourth-order valence-corrected chi connectivity index (χ4v) is 6.85. The molecule has 2 saturated carbocycles. The van der Waals surface area contributed by atoms with E-state index in [1.165, 1.54) is 4.90 Å². The molecule has 2 N–H and O–H groups in total. The fourth-order valence-electron chi connectivity index (χ4n) is 6.85. The van der Waals surface area contributed by atoms with Crippen molar-refractivity contribution >= 4 is 18.0 Å². The van der Waals surface area contributed by atoms with Gasteiger partial charge in [-0.05, 0) is 66.2 Å². The molecule has 1 atom stereocenters. The van der Waals surface area contributed by atoms with Gasteiger partial charge in [-0.1, -0.05) is 55.5 Å². The highest BCUT2D eigenvalue weighted by Gasteiger charge is 2.70. The quantitative estimate of drug-likeness (QED) is 0.656. The number of hydrogen-bond donors (Lipinski definition) is 2. The summed E-state index contributed by atoms with van der Waals surface area (Å²) < 4.78 is 5.72. The molecule has 2 bridgehead atoms. The standard InChI is InChI=1S/C28H30N2O5/c1-26-14-28(15-26,24(32)33)30(16-26)23(31)27(2,17-11-12-17)29-25(34)35-13-22-20-9-5-3-7-18(20)19-8-4-6-10-21(19)22/h3-10,17,22H,11-16H2,1-2H3,(H,29,34)(H,32,33). The van der Waals surface area contributed by atoms with Gasteiger partial charge in [0.25, 0.3) is 0 Å². The van der Waals surface area contributed by atoms with Gasteiger partial charge in [-0.15, -0.1) is 0 Å². The van der Waals surface area contributed by atoms with Gasteiger partial charge in [-0.3, -0.25) is 4.79 Å². The van der Waals surface area contributed by atoms with Crippen molar-refractivity contribution in [1.82, 2.24) is 10.2 Å². The molecule has 0 radical (unpaired) electrons. The summed E-state index contributed by atoms with van der Waals surface area (Å²) in [5.74, 6) is -1.36. The number of nitrogens with one attached hydrogen (secondary N) is 1. The number of amides is 2. The van der Waals surface area contributed by atoms with Crippen LogP contribution < -0.4 is 5.32 Å². The van der Waals surface area contributed by atoms with Crippen LogP contribution in [0.4, 0.5) is 4.79 Å². The van der Waals surface area contributed by atoms with E-state index in [-0.39, 0.29) is 29.8 Å². The molecule has 4 fully saturated rings. The molecule has 0 spiro atoms. The minimum Gasteiger partial charge on any atom is -0.479 e. The molecule has 5 aliphatic rings. The van der Waals surface area contributed by atoms with E-state index in [4.69, 9.17) is 4.74 Å². The lowest BCUT2D eigenvalue weighted by molar-refractivity contribution is -0.162. The normalized spacial score (nSPS) is 27.9. The molecule has 2 aromatic carbocycles. The highest BCUT2D eigenvalue weighted by molar-refractivity contribution is 5.96. The highest BCUT2D eigenvalue weighted by Crippen LogP contribution is 2.60. The van der Waals surface area contributed by atoms with Crippen LogP contribution >= 0.6 is 0 Å². The van der Waals surface area contributed by atoms with Crippen LogP contribution in [0.5, 0.6) is 0 Å². The number of aliphatic carboxylic acids is 1. The monoisotopic (exact) mass is 474 g/mol. The molecule has 2 aromatic rings. The van der Waals surface area contributed by atoms with Crippen molar-refractivity contribution in [2.75, 3.05) is 13.2 Å². The van der Waals surface area contributed by atoms with Crippen molar-refractivity contribution in [1.29, 1.82) is 0 Å². The molecule has 2 heterocycles. The number of rotatable bonds is 6. The van der Waals surface area contributed by atoms with E-state index < -0.39 is 23.1 Å². The lowest BCUT2D eigenvalue weighted by atomic mass is 9.63. The Kier molecular flexibility index (Phi) is 4.63. The van der Waals surface area contributed by atoms with E-state index in [1.54, 1.807) is 6.92 Å². The van der Waals surface area contributed by atoms with Gasteiger partial charge >= 0.3 is 12.1 Å². The third-order valence-electron chi connectivity index (χ3n) is 8.68. The number of carbonyl (C=O) groups excluding carboxylic acids is 2. The smallest absolute Gasteiger partial charge is 0.408 e. The van der Waals surface area contributed by atoms with E-state index in [0.717, 1.165) is 35.1 Å². The van der Waals surface area contributed by atoms with Gasteiger partial charge < -0.3 is 20.1 Å². The van der Waals surface area contributed by atoms with Gasteiger partial charge in [0.2, 0.25) is 5.91 Å². The second-order valence-corrected chi connectivity index (χ2v) is 11.3. The van der Waals surface area contributed by atoms with Gasteiger partial charge in [-0.2, -0.15) is 0 Å². The van der Waals surface area contributed by atoms with Crippen LogP contribution in [0.15, 0.2) is 48.5 Å². The molecular weight excluding hydrogens is 444 g/mol. The Morgan fingerprint density at radius 2 is 1.63 bits per heavy atom. The average molecular weight is 475 g/mol. The van der Waals surface area contributed by atoms with E-state index in [0.29, 0.717) is 19.4 Å². The molecule has 1 unspecified atom stereocenters. The number of carboxylic acid groups (broad SMARTS) is 1. The number of fused-ring (bicyclic) bond motifs is 4. The van der Waals surface area contributed by atoms with Gasteiger partial charge in [0, 0.05) is 12.5 Å². The molecular formula is C28H30N2O5. The number of alkyl carbamates (subject to hydrolysis) is 1. The van der Waals surface area contributed by atoms with Gasteiger partial charge in [0.1, 0.15) is 17.7 Å². The van der Waals surface area contributed by atoms with Crippen molar-refractivity contribution in [3.05, 3.63) is 59.7 Å². The summed E-state index contributed by atoms with van der Waals surface area (Å²) in [6.45, 7) is 4.32. The number of carboxylic acids is 1. The second-order valence-electron chi connectivity index (χ2n) is 11.3. The molecule has 182 valence electrons. The Labute approximate surface area is 204 Å². The van der Waals surface area contributed by atoms with Gasteiger partial charge in [0.15, 0.2) is 0 Å². The summed E-state index contributed by atoms with van der Waals surface area (Å²) >= 11 is 0. The van der Waals surface area contributed by atoms with E-state index in [1.807, 2.05) is 31.2 Å². The number of hydrogen-bond acceptors (Lipinski definition) is 4. The van der Waals surface area contributed by atoms with Crippen LogP contribution in [0.2, 0.25) is 0 Å². The van der Waals surface area contributed by atoms with Gasteiger partial charge in [0.05, 0.1) is 0 Å². The number of benzene rings is 2. The minimum atomic E-state index is -1.18. The first kappa shape index (κ1) is 22.1. The summed E-state index contributed by atoms with van der Waals surface area (Å²) in [6, 6.07) is 16.3. The third-order valence-corrected chi connectivity index (χ3v) is 8.68. The first-order chi connectivity index (χ1) is 16.7. The molecule has 2 saturated heterocycles. The van der Waals surface area contributed by atoms with Crippen LogP contribution in [0, 0.1) is 11.3 Å². The van der Waals surface area contributed by atoms with Crippen molar-refractivity contribution in [2.24, 2.45) is 11.3 Å². The van der Waals surface area contributed by atoms with Crippen LogP contribution in [0.3, 0.4) is 0 Å². The minimum absolute atomic E-state index is 0.0214. The lowest BCUT2D eigenvalue weighted by Crippen LogP contribution is -2.64. The summed E-state index contributed by atoms with van der Waals surface area (Å²) in [5, 5.41) is 12.8. The van der Waals surface area contributed by atoms with Crippen LogP contribution in [0.1, 0.15) is 56.6 Å². The first-order valence-electron chi connectivity index (χ1n) is 12.4. The molecule has 2 aliphatic heterocycles. The predicted molar refractivity (Wildman–Crippen MR) is 129 cm³/mol. The Hall–Kier alpha value is -3.35. The average Bonchev–Trinajstić information content (AvgIpc) is 3.50. The maximum absolute atomic E-state index is 13.8. The summed E-state index contributed by atoms with van der Waals surface area (Å²) in [5.41, 5.74) is 2.05. The fraction of sp³-hybridized carbons (Fsp3) is 0.464. The molecule has 2 amide bonds. The zero-order chi connectivity index (χ0) is 24.6. The zero-order valence-electron chi connectivity index (χ0n) is 20.0. The topological polar surface area (TPSA) is 95.9 Å². The van der Waals surface area contributed by atoms with Crippen molar-refractivity contribution < 1.29 is 24.2 Å². The van der Waals surface area contributed by atoms with E-state index >= 15 is 0 Å². The van der Waals surface area contributed by atoms with Crippen LogP contribution in [-0.2, 0) is 14.3 Å².